The molecule has 102 valence electrons. The first-order valence-electron chi connectivity index (χ1n) is 5.93. The Bertz CT molecular complexity index is 492. The Balaban J connectivity index is 2.94. The number of rotatable bonds is 5. The van der Waals surface area contributed by atoms with Crippen molar-refractivity contribution in [3.63, 3.8) is 0 Å². The summed E-state index contributed by atoms with van der Waals surface area (Å²) < 4.78 is 10.4. The van der Waals surface area contributed by atoms with Gasteiger partial charge in [0.25, 0.3) is 0 Å². The van der Waals surface area contributed by atoms with Gasteiger partial charge in [-0.3, -0.25) is 0 Å². The van der Waals surface area contributed by atoms with E-state index in [1.54, 1.807) is 32.4 Å². The largest absolute Gasteiger partial charge is 0.497 e. The number of hydrogen-bond acceptors (Lipinski definition) is 3. The highest BCUT2D eigenvalue weighted by Gasteiger charge is 2.07. The first kappa shape index (κ1) is 14.7. The van der Waals surface area contributed by atoms with Gasteiger partial charge in [0.15, 0.2) is 5.96 Å². The van der Waals surface area contributed by atoms with Crippen molar-refractivity contribution in [3.05, 3.63) is 18.2 Å². The minimum absolute atomic E-state index is 0.232. The molecule has 0 radical (unpaired) electrons. The van der Waals surface area contributed by atoms with Crippen LogP contribution in [0.1, 0.15) is 13.3 Å². The second-order valence-corrected chi connectivity index (χ2v) is 3.80. The third-order valence-corrected chi connectivity index (χ3v) is 2.54. The standard InChI is InChI=1S/C14H19N3O2/c1-5-10(6-2)16-14(15)17-12-9-11(18-3)7-8-13(12)19-4/h1,7-10H,6H2,2-4H3,(H3,15,16,17). The van der Waals surface area contributed by atoms with E-state index in [0.29, 0.717) is 17.2 Å². The molecule has 0 spiro atoms. The molecule has 0 saturated carbocycles. The van der Waals surface area contributed by atoms with Crippen LogP contribution in [0.25, 0.3) is 0 Å². The molecule has 0 aliphatic carbocycles. The van der Waals surface area contributed by atoms with Gasteiger partial charge >= 0.3 is 0 Å². The Morgan fingerprint density at radius 2 is 2.21 bits per heavy atom. The molecule has 1 aromatic carbocycles. The maximum absolute atomic E-state index is 5.82. The van der Waals surface area contributed by atoms with Crippen molar-refractivity contribution >= 4 is 11.6 Å². The van der Waals surface area contributed by atoms with E-state index in [9.17, 15) is 0 Å². The molecule has 0 bridgehead atoms. The van der Waals surface area contributed by atoms with E-state index >= 15 is 0 Å². The molecule has 19 heavy (non-hydrogen) atoms. The molecule has 0 aliphatic rings. The second-order valence-electron chi connectivity index (χ2n) is 3.80. The zero-order valence-corrected chi connectivity index (χ0v) is 11.4. The minimum atomic E-state index is -0.232. The van der Waals surface area contributed by atoms with Gasteiger partial charge in [-0.15, -0.1) is 6.42 Å². The molecule has 1 unspecified atom stereocenters. The van der Waals surface area contributed by atoms with Crippen LogP contribution in [-0.4, -0.2) is 26.2 Å². The van der Waals surface area contributed by atoms with Gasteiger partial charge in [0.05, 0.1) is 19.9 Å². The van der Waals surface area contributed by atoms with E-state index < -0.39 is 0 Å². The van der Waals surface area contributed by atoms with Crippen molar-refractivity contribution in [1.29, 1.82) is 0 Å². The van der Waals surface area contributed by atoms with Gasteiger partial charge < -0.3 is 20.5 Å². The van der Waals surface area contributed by atoms with E-state index in [2.05, 4.69) is 16.2 Å². The van der Waals surface area contributed by atoms with Crippen molar-refractivity contribution in [1.82, 2.24) is 0 Å². The number of hydrogen-bond donors (Lipinski definition) is 2. The summed E-state index contributed by atoms with van der Waals surface area (Å²) in [5, 5.41) is 2.96. The van der Waals surface area contributed by atoms with Crippen LogP contribution in [0.2, 0.25) is 0 Å². The highest BCUT2D eigenvalue weighted by Crippen LogP contribution is 2.28. The van der Waals surface area contributed by atoms with Crippen LogP contribution in [0.15, 0.2) is 23.2 Å². The van der Waals surface area contributed by atoms with Gasteiger partial charge in [-0.2, -0.15) is 0 Å². The minimum Gasteiger partial charge on any atom is -0.497 e. The van der Waals surface area contributed by atoms with Gasteiger partial charge in [0.2, 0.25) is 0 Å². The van der Waals surface area contributed by atoms with Gasteiger partial charge in [-0.25, -0.2) is 4.99 Å². The Morgan fingerprint density at radius 1 is 1.47 bits per heavy atom. The Hall–Kier alpha value is -2.35. The maximum Gasteiger partial charge on any atom is 0.194 e. The van der Waals surface area contributed by atoms with Crippen molar-refractivity contribution < 1.29 is 9.47 Å². The average molecular weight is 261 g/mol. The van der Waals surface area contributed by atoms with Crippen LogP contribution in [0.4, 0.5) is 5.69 Å². The molecule has 1 rings (SSSR count). The first-order chi connectivity index (χ1) is 9.14. The molecule has 1 atom stereocenters. The van der Waals surface area contributed by atoms with Crippen molar-refractivity contribution in [2.24, 2.45) is 10.7 Å². The lowest BCUT2D eigenvalue weighted by atomic mass is 10.2. The van der Waals surface area contributed by atoms with E-state index in [-0.39, 0.29) is 12.0 Å². The van der Waals surface area contributed by atoms with E-state index in [1.165, 1.54) is 0 Å². The number of guanidine groups is 1. The van der Waals surface area contributed by atoms with Crippen LogP contribution in [-0.2, 0) is 0 Å². The summed E-state index contributed by atoms with van der Waals surface area (Å²) >= 11 is 0. The number of nitrogens with zero attached hydrogens (tertiary/aromatic N) is 1. The zero-order chi connectivity index (χ0) is 14.3. The van der Waals surface area contributed by atoms with Crippen LogP contribution < -0.4 is 20.5 Å². The summed E-state index contributed by atoms with van der Waals surface area (Å²) in [6, 6.07) is 5.13. The van der Waals surface area contributed by atoms with Crippen LogP contribution in [0.5, 0.6) is 11.5 Å². The smallest absolute Gasteiger partial charge is 0.194 e. The van der Waals surface area contributed by atoms with Crippen molar-refractivity contribution in [2.45, 2.75) is 19.4 Å². The second kappa shape index (κ2) is 7.17. The molecule has 5 heteroatoms. The normalized spacial score (nSPS) is 12.4. The third kappa shape index (κ3) is 4.11. The summed E-state index contributed by atoms with van der Waals surface area (Å²) in [5.74, 6) is 4.14. The SMILES string of the molecule is C#CC(CC)N=C(N)Nc1cc(OC)ccc1OC. The molecule has 0 amide bonds. The fraction of sp³-hybridized carbons (Fsp3) is 0.357. The van der Waals surface area contributed by atoms with E-state index in [1.807, 2.05) is 6.92 Å². The Morgan fingerprint density at radius 3 is 2.74 bits per heavy atom. The molecule has 0 aliphatic heterocycles. The highest BCUT2D eigenvalue weighted by molar-refractivity contribution is 5.94. The van der Waals surface area contributed by atoms with Crippen LogP contribution in [0, 0.1) is 12.3 Å². The number of nitrogens with one attached hydrogen (secondary N) is 1. The van der Waals surface area contributed by atoms with Crippen LogP contribution >= 0.6 is 0 Å². The Labute approximate surface area is 113 Å². The third-order valence-electron chi connectivity index (χ3n) is 2.54. The maximum atomic E-state index is 5.82. The van der Waals surface area contributed by atoms with Gasteiger partial charge in [0, 0.05) is 6.07 Å². The quantitative estimate of drug-likeness (QED) is 0.482. The fourth-order valence-corrected chi connectivity index (χ4v) is 1.50. The van der Waals surface area contributed by atoms with Gasteiger partial charge in [-0.05, 0) is 18.6 Å². The molecule has 0 aromatic heterocycles. The number of ether oxygens (including phenoxy) is 2. The van der Waals surface area contributed by atoms with Crippen molar-refractivity contribution in [3.8, 4) is 23.8 Å². The summed E-state index contributed by atoms with van der Waals surface area (Å²) in [4.78, 5) is 4.19. The Kier molecular flexibility index (Phi) is 5.55. The first-order valence-corrected chi connectivity index (χ1v) is 5.93. The van der Waals surface area contributed by atoms with Crippen molar-refractivity contribution in [2.75, 3.05) is 19.5 Å². The summed E-state index contributed by atoms with van der Waals surface area (Å²) in [6.45, 7) is 1.95. The summed E-state index contributed by atoms with van der Waals surface area (Å²) in [6.07, 6.45) is 6.07. The highest BCUT2D eigenvalue weighted by atomic mass is 16.5. The van der Waals surface area contributed by atoms with Gasteiger partial charge in [0.1, 0.15) is 17.5 Å². The molecule has 0 fully saturated rings. The predicted octanol–water partition coefficient (Wildman–Crippen LogP) is 1.84. The number of nitrogens with two attached hydrogens (primary N) is 1. The summed E-state index contributed by atoms with van der Waals surface area (Å²) in [5.41, 5.74) is 6.50. The molecule has 5 nitrogen and oxygen atoms in total. The topological polar surface area (TPSA) is 68.9 Å². The molecule has 0 saturated heterocycles. The molecular formula is C14H19N3O2. The fourth-order valence-electron chi connectivity index (χ4n) is 1.50. The van der Waals surface area contributed by atoms with E-state index in [4.69, 9.17) is 21.6 Å². The zero-order valence-electron chi connectivity index (χ0n) is 11.4. The lowest BCUT2D eigenvalue weighted by Crippen LogP contribution is -2.25. The summed E-state index contributed by atoms with van der Waals surface area (Å²) in [7, 11) is 3.17. The number of aliphatic imine (C=N–C) groups is 1. The van der Waals surface area contributed by atoms with E-state index in [0.717, 1.165) is 6.42 Å². The monoisotopic (exact) mass is 261 g/mol. The number of terminal acetylenes is 1. The van der Waals surface area contributed by atoms with Crippen LogP contribution in [0.3, 0.4) is 0 Å². The average Bonchev–Trinajstić information content (AvgIpc) is 2.44. The molecular weight excluding hydrogens is 242 g/mol. The molecule has 1 aromatic rings. The number of benzene rings is 1. The lowest BCUT2D eigenvalue weighted by molar-refractivity contribution is 0.405. The number of anilines is 1. The number of methoxy groups -OCH3 is 2. The molecule has 0 heterocycles. The van der Waals surface area contributed by atoms with Gasteiger partial charge in [-0.1, -0.05) is 12.8 Å². The predicted molar refractivity (Wildman–Crippen MR) is 77.7 cm³/mol. The molecule has 3 N–H and O–H groups in total. The lowest BCUT2D eigenvalue weighted by Gasteiger charge is -2.12.